The number of sulfonamides is 1. The van der Waals surface area contributed by atoms with Gasteiger partial charge in [0, 0.05) is 7.05 Å². The van der Waals surface area contributed by atoms with Gasteiger partial charge >= 0.3 is 0 Å². The summed E-state index contributed by atoms with van der Waals surface area (Å²) in [5.74, 6) is -1.19. The summed E-state index contributed by atoms with van der Waals surface area (Å²) in [6.07, 6.45) is 1.11. The monoisotopic (exact) mass is 460 g/mol. The van der Waals surface area contributed by atoms with Crippen LogP contribution in [-0.2, 0) is 21.9 Å². The molecule has 3 rings (SSSR count). The summed E-state index contributed by atoms with van der Waals surface area (Å²) in [6.45, 7) is 3.35. The lowest BCUT2D eigenvalue weighted by atomic mass is 10.2. The fraction of sp³-hybridized carbons (Fsp3) is 0.273. The van der Waals surface area contributed by atoms with Crippen LogP contribution in [0.3, 0.4) is 0 Å². The maximum absolute atomic E-state index is 13.4. The number of aromatic nitrogens is 2. The second-order valence-electron chi connectivity index (χ2n) is 7.39. The van der Waals surface area contributed by atoms with Crippen LogP contribution in [0.5, 0.6) is 0 Å². The molecule has 170 valence electrons. The van der Waals surface area contributed by atoms with Gasteiger partial charge in [-0.05, 0) is 49.7 Å². The van der Waals surface area contributed by atoms with Crippen molar-refractivity contribution in [2.45, 2.75) is 26.3 Å². The van der Waals surface area contributed by atoms with E-state index in [0.717, 1.165) is 22.7 Å². The minimum Gasteiger partial charge on any atom is -0.318 e. The number of halogens is 1. The molecule has 0 radical (unpaired) electrons. The van der Waals surface area contributed by atoms with E-state index in [9.17, 15) is 22.4 Å². The molecule has 0 fully saturated rings. The smallest absolute Gasteiger partial charge is 0.295 e. The van der Waals surface area contributed by atoms with E-state index >= 15 is 0 Å². The zero-order chi connectivity index (χ0) is 23.6. The molecule has 0 aliphatic rings. The lowest BCUT2D eigenvalue weighted by Gasteiger charge is -2.30. The van der Waals surface area contributed by atoms with Gasteiger partial charge in [-0.2, -0.15) is 0 Å². The molecule has 32 heavy (non-hydrogen) atoms. The molecule has 0 aliphatic heterocycles. The highest BCUT2D eigenvalue weighted by atomic mass is 32.2. The molecule has 0 spiro atoms. The number of rotatable bonds is 7. The van der Waals surface area contributed by atoms with Gasteiger partial charge in [-0.15, -0.1) is 0 Å². The molecule has 0 saturated heterocycles. The normalized spacial score (nSPS) is 12.4. The molecular weight excluding hydrogens is 435 g/mol. The summed E-state index contributed by atoms with van der Waals surface area (Å²) in [4.78, 5) is 26.3. The number of hydrogen-bond donors (Lipinski definition) is 1. The summed E-state index contributed by atoms with van der Waals surface area (Å²) in [5, 5.41) is 2.62. The van der Waals surface area contributed by atoms with Crippen molar-refractivity contribution >= 4 is 27.3 Å². The first-order chi connectivity index (χ1) is 15.1. The first-order valence-electron chi connectivity index (χ1n) is 9.96. The molecule has 3 aromatic rings. The molecule has 0 bridgehead atoms. The number of nitrogens with zero attached hydrogens (tertiary/aromatic N) is 3. The average molecular weight is 461 g/mol. The van der Waals surface area contributed by atoms with Gasteiger partial charge in [0.2, 0.25) is 15.9 Å². The van der Waals surface area contributed by atoms with Crippen LogP contribution in [0, 0.1) is 12.7 Å². The summed E-state index contributed by atoms with van der Waals surface area (Å²) < 4.78 is 42.4. The molecule has 2 aromatic carbocycles. The molecular formula is C22H25FN4O4S. The molecule has 1 unspecified atom stereocenters. The van der Waals surface area contributed by atoms with Crippen LogP contribution >= 0.6 is 0 Å². The number of anilines is 2. The number of carbonyl (C=O) groups is 1. The van der Waals surface area contributed by atoms with E-state index in [1.54, 1.807) is 49.8 Å². The largest absolute Gasteiger partial charge is 0.318 e. The zero-order valence-corrected chi connectivity index (χ0v) is 19.1. The Labute approximate surface area is 185 Å². The Morgan fingerprint density at radius 3 is 2.25 bits per heavy atom. The molecule has 1 heterocycles. The van der Waals surface area contributed by atoms with Gasteiger partial charge in [-0.25, -0.2) is 17.5 Å². The van der Waals surface area contributed by atoms with Crippen LogP contribution in [0.4, 0.5) is 15.8 Å². The van der Waals surface area contributed by atoms with Crippen LogP contribution in [-0.4, -0.2) is 36.0 Å². The van der Waals surface area contributed by atoms with Gasteiger partial charge in [0.05, 0.1) is 23.3 Å². The molecule has 0 saturated carbocycles. The first-order valence-corrected chi connectivity index (χ1v) is 11.8. The molecule has 10 heteroatoms. The molecule has 8 nitrogen and oxygen atoms in total. The van der Waals surface area contributed by atoms with E-state index in [0.29, 0.717) is 11.4 Å². The first kappa shape index (κ1) is 23.3. The van der Waals surface area contributed by atoms with Crippen molar-refractivity contribution in [2.75, 3.05) is 15.9 Å². The van der Waals surface area contributed by atoms with Gasteiger partial charge < -0.3 is 5.32 Å². The van der Waals surface area contributed by atoms with E-state index < -0.39 is 33.3 Å². The Morgan fingerprint density at radius 2 is 1.72 bits per heavy atom. The Kier molecular flexibility index (Phi) is 6.54. The number of nitrogens with one attached hydrogen (secondary N) is 1. The van der Waals surface area contributed by atoms with Gasteiger partial charge in [0.15, 0.2) is 0 Å². The van der Waals surface area contributed by atoms with Crippen LogP contribution in [0.2, 0.25) is 0 Å². The highest BCUT2D eigenvalue weighted by Crippen LogP contribution is 2.24. The Morgan fingerprint density at radius 1 is 1.12 bits per heavy atom. The Bertz CT molecular complexity index is 1280. The highest BCUT2D eigenvalue weighted by molar-refractivity contribution is 7.92. The van der Waals surface area contributed by atoms with Crippen molar-refractivity contribution in [3.8, 4) is 5.69 Å². The quantitative estimate of drug-likeness (QED) is 0.587. The average Bonchev–Trinajstić information content (AvgIpc) is 2.95. The third kappa shape index (κ3) is 4.45. The van der Waals surface area contributed by atoms with Crippen molar-refractivity contribution in [1.82, 2.24) is 9.36 Å². The number of hydrogen-bond acceptors (Lipinski definition) is 4. The Balaban J connectivity index is 2.01. The Hall–Kier alpha value is -3.40. The minimum atomic E-state index is -3.88. The van der Waals surface area contributed by atoms with Gasteiger partial charge in [-0.1, -0.05) is 25.1 Å². The maximum atomic E-state index is 13.4. The summed E-state index contributed by atoms with van der Waals surface area (Å²) >= 11 is 0. The van der Waals surface area contributed by atoms with Crippen LogP contribution in [0.25, 0.3) is 5.69 Å². The zero-order valence-electron chi connectivity index (χ0n) is 18.2. The van der Waals surface area contributed by atoms with Crippen molar-refractivity contribution in [2.24, 2.45) is 7.05 Å². The lowest BCUT2D eigenvalue weighted by Crippen LogP contribution is -2.47. The molecule has 1 N–H and O–H groups in total. The number of carbonyl (C=O) groups excluding carboxylic acids is 1. The lowest BCUT2D eigenvalue weighted by molar-refractivity contribution is -0.117. The minimum absolute atomic E-state index is 0.0624. The number of para-hydroxylation sites is 1. The fourth-order valence-electron chi connectivity index (χ4n) is 3.57. The van der Waals surface area contributed by atoms with E-state index in [1.165, 1.54) is 16.8 Å². The molecule has 1 amide bonds. The number of benzene rings is 2. The van der Waals surface area contributed by atoms with E-state index in [1.807, 2.05) is 6.07 Å². The summed E-state index contributed by atoms with van der Waals surface area (Å²) in [6, 6.07) is 12.6. The van der Waals surface area contributed by atoms with Crippen LogP contribution in [0.15, 0.2) is 59.4 Å². The molecule has 1 aromatic heterocycles. The third-order valence-electron chi connectivity index (χ3n) is 5.21. The third-order valence-corrected chi connectivity index (χ3v) is 6.39. The highest BCUT2D eigenvalue weighted by Gasteiger charge is 2.32. The van der Waals surface area contributed by atoms with Gasteiger partial charge in [0.25, 0.3) is 5.56 Å². The van der Waals surface area contributed by atoms with E-state index in [-0.39, 0.29) is 17.8 Å². The fourth-order valence-corrected chi connectivity index (χ4v) is 4.78. The van der Waals surface area contributed by atoms with Crippen molar-refractivity contribution < 1.29 is 17.6 Å². The van der Waals surface area contributed by atoms with Gasteiger partial charge in [-0.3, -0.25) is 18.6 Å². The van der Waals surface area contributed by atoms with Crippen molar-refractivity contribution in [3.05, 3.63) is 76.5 Å². The predicted octanol–water partition coefficient (Wildman–Crippen LogP) is 2.81. The second kappa shape index (κ2) is 8.99. The van der Waals surface area contributed by atoms with E-state index in [4.69, 9.17) is 0 Å². The molecule has 0 aliphatic carbocycles. The van der Waals surface area contributed by atoms with Crippen LogP contribution < -0.4 is 15.2 Å². The predicted molar refractivity (Wildman–Crippen MR) is 122 cm³/mol. The topological polar surface area (TPSA) is 93.4 Å². The molecule has 1 atom stereocenters. The van der Waals surface area contributed by atoms with Gasteiger partial charge in [0.1, 0.15) is 17.5 Å². The second-order valence-corrected chi connectivity index (χ2v) is 9.24. The standard InChI is InChI=1S/C22H25FN4O4S/c1-5-19(27(32(4,30)31)18-13-11-16(23)12-14-18)21(28)24-20-15(2)25(3)26(22(20)29)17-9-7-6-8-10-17/h6-14,19H,5H2,1-4H3,(H,24,28). The maximum Gasteiger partial charge on any atom is 0.295 e. The SMILES string of the molecule is CCC(C(=O)Nc1c(C)n(C)n(-c2ccccc2)c1=O)N(c1ccc(F)cc1)S(C)(=O)=O. The van der Waals surface area contributed by atoms with Crippen molar-refractivity contribution in [3.63, 3.8) is 0 Å². The van der Waals surface area contributed by atoms with Crippen molar-refractivity contribution in [1.29, 1.82) is 0 Å². The van der Waals surface area contributed by atoms with E-state index in [2.05, 4.69) is 5.32 Å². The summed E-state index contributed by atoms with van der Waals surface area (Å²) in [5.41, 5.74) is 0.913. The summed E-state index contributed by atoms with van der Waals surface area (Å²) in [7, 11) is -2.19. The number of amides is 1. The van der Waals surface area contributed by atoms with Crippen LogP contribution in [0.1, 0.15) is 19.0 Å².